The van der Waals surface area contributed by atoms with Gasteiger partial charge in [0.15, 0.2) is 0 Å². The van der Waals surface area contributed by atoms with Crippen LogP contribution in [0.15, 0.2) is 52.3 Å². The number of fused-ring (bicyclic) bond motifs is 1. The molecule has 170 valence electrons. The van der Waals surface area contributed by atoms with Gasteiger partial charge in [0.05, 0.1) is 37.8 Å². The number of rotatable bonds is 7. The Bertz CT molecular complexity index is 1330. The van der Waals surface area contributed by atoms with E-state index in [1.807, 2.05) is 34.0 Å². The number of hydrogen-bond acceptors (Lipinski definition) is 4. The van der Waals surface area contributed by atoms with Crippen molar-refractivity contribution in [2.75, 3.05) is 38.5 Å². The van der Waals surface area contributed by atoms with Gasteiger partial charge in [-0.15, -0.1) is 0 Å². The maximum absolute atomic E-state index is 13.2. The summed E-state index contributed by atoms with van der Waals surface area (Å²) >= 11 is 0. The first kappa shape index (κ1) is 23.5. The van der Waals surface area contributed by atoms with Gasteiger partial charge in [-0.2, -0.15) is 0 Å². The quantitative estimate of drug-likeness (QED) is 0.489. The van der Waals surface area contributed by atoms with Crippen LogP contribution in [-0.2, 0) is 10.0 Å². The molecular formula is C23H29N4O4S+. The van der Waals surface area contributed by atoms with Gasteiger partial charge in [0, 0.05) is 24.1 Å². The third-order valence-corrected chi connectivity index (χ3v) is 7.30. The van der Waals surface area contributed by atoms with Crippen molar-refractivity contribution in [3.63, 3.8) is 0 Å². The number of carbonyl (C=O) groups is 1. The first-order valence-electron chi connectivity index (χ1n) is 10.3. The normalized spacial score (nSPS) is 11.7. The zero-order chi connectivity index (χ0) is 23.6. The summed E-state index contributed by atoms with van der Waals surface area (Å²) in [4.78, 5) is 29.5. The first-order valence-corrected chi connectivity index (χ1v) is 11.7. The Morgan fingerprint density at radius 3 is 2.47 bits per heavy atom. The first-order chi connectivity index (χ1) is 15.0. The number of H-pyrrole nitrogens is 1. The van der Waals surface area contributed by atoms with E-state index >= 15 is 0 Å². The van der Waals surface area contributed by atoms with E-state index in [0.717, 1.165) is 11.1 Å². The Hall–Kier alpha value is -3.17. The standard InChI is InChI=1S/C23H28N4O4S/c1-15-6-7-17(12-16(15)2)27(5)32(30,31)18-8-9-21-19(13-18)22(28)20(14-25-21)23(29)24-10-11-26(3)4/h6-9,12-14H,10-11H2,1-5H3,(H,24,29)(H,25,28)/p+1. The number of carbonyl (C=O) groups excluding carboxylic acids is 1. The smallest absolute Gasteiger partial charge is 0.264 e. The third-order valence-electron chi connectivity index (χ3n) is 5.52. The second kappa shape index (κ2) is 9.13. The molecular weight excluding hydrogens is 428 g/mol. The maximum atomic E-state index is 13.2. The zero-order valence-corrected chi connectivity index (χ0v) is 19.8. The van der Waals surface area contributed by atoms with E-state index < -0.39 is 21.4 Å². The van der Waals surface area contributed by atoms with Crippen molar-refractivity contribution in [3.8, 4) is 0 Å². The summed E-state index contributed by atoms with van der Waals surface area (Å²) in [6.07, 6.45) is 1.36. The van der Waals surface area contributed by atoms with Gasteiger partial charge in [0.1, 0.15) is 5.56 Å². The van der Waals surface area contributed by atoms with Gasteiger partial charge in [-0.1, -0.05) is 6.07 Å². The summed E-state index contributed by atoms with van der Waals surface area (Å²) in [5.74, 6) is -0.491. The number of amides is 1. The molecule has 9 heteroatoms. The third kappa shape index (κ3) is 4.68. The Morgan fingerprint density at radius 2 is 1.81 bits per heavy atom. The molecule has 1 heterocycles. The summed E-state index contributed by atoms with van der Waals surface area (Å²) in [5.41, 5.74) is 2.46. The Kier molecular flexibility index (Phi) is 6.71. The number of pyridine rings is 1. The molecule has 1 amide bonds. The lowest BCUT2D eigenvalue weighted by Gasteiger charge is -2.20. The number of nitrogens with zero attached hydrogens (tertiary/aromatic N) is 1. The van der Waals surface area contributed by atoms with Crippen LogP contribution >= 0.6 is 0 Å². The number of aromatic amines is 1. The minimum Gasteiger partial charge on any atom is -0.360 e. The van der Waals surface area contributed by atoms with Crippen molar-refractivity contribution in [3.05, 3.63) is 69.5 Å². The van der Waals surface area contributed by atoms with Gasteiger partial charge in [-0.3, -0.25) is 13.9 Å². The summed E-state index contributed by atoms with van der Waals surface area (Å²) in [7, 11) is 1.50. The predicted octanol–water partition coefficient (Wildman–Crippen LogP) is 0.844. The number of sulfonamides is 1. The van der Waals surface area contributed by atoms with Gasteiger partial charge < -0.3 is 15.2 Å². The molecule has 0 aliphatic rings. The molecule has 8 nitrogen and oxygen atoms in total. The van der Waals surface area contributed by atoms with Crippen molar-refractivity contribution < 1.29 is 18.1 Å². The molecule has 0 radical (unpaired) electrons. The molecule has 3 rings (SSSR count). The fraction of sp³-hybridized carbons (Fsp3) is 0.304. The van der Waals surface area contributed by atoms with E-state index in [-0.39, 0.29) is 15.8 Å². The van der Waals surface area contributed by atoms with Crippen LogP contribution in [0.1, 0.15) is 21.5 Å². The van der Waals surface area contributed by atoms with E-state index in [4.69, 9.17) is 0 Å². The second-order valence-corrected chi connectivity index (χ2v) is 10.2. The number of aromatic nitrogens is 1. The van der Waals surface area contributed by atoms with Gasteiger partial charge in [0.2, 0.25) is 5.43 Å². The lowest BCUT2D eigenvalue weighted by molar-refractivity contribution is -0.856. The summed E-state index contributed by atoms with van der Waals surface area (Å²) in [6, 6.07) is 9.72. The Labute approximate surface area is 187 Å². The van der Waals surface area contributed by atoms with Crippen LogP contribution in [0, 0.1) is 13.8 Å². The van der Waals surface area contributed by atoms with Crippen LogP contribution in [-0.4, -0.2) is 53.5 Å². The number of aryl methyl sites for hydroxylation is 2. The minimum atomic E-state index is -3.91. The molecule has 32 heavy (non-hydrogen) atoms. The SMILES string of the molecule is Cc1ccc(N(C)S(=O)(=O)c2ccc3[nH]cc(C(=O)NCC[NH+](C)C)c(=O)c3c2)cc1C. The average Bonchev–Trinajstić information content (AvgIpc) is 2.74. The lowest BCUT2D eigenvalue weighted by Crippen LogP contribution is -3.06. The summed E-state index contributed by atoms with van der Waals surface area (Å²) in [5, 5.41) is 2.87. The van der Waals surface area contributed by atoms with E-state index in [9.17, 15) is 18.0 Å². The highest BCUT2D eigenvalue weighted by Crippen LogP contribution is 2.25. The lowest BCUT2D eigenvalue weighted by atomic mass is 10.1. The van der Waals surface area contributed by atoms with Crippen LogP contribution in [0.5, 0.6) is 0 Å². The molecule has 0 aliphatic heterocycles. The van der Waals surface area contributed by atoms with Gasteiger partial charge in [0.25, 0.3) is 15.9 Å². The number of anilines is 1. The highest BCUT2D eigenvalue weighted by Gasteiger charge is 2.23. The molecule has 3 aromatic rings. The monoisotopic (exact) mass is 457 g/mol. The molecule has 0 fully saturated rings. The molecule has 0 atom stereocenters. The number of nitrogens with one attached hydrogen (secondary N) is 3. The van der Waals surface area contributed by atoms with E-state index in [2.05, 4.69) is 10.3 Å². The van der Waals surface area contributed by atoms with E-state index in [1.54, 1.807) is 12.1 Å². The molecule has 0 aliphatic carbocycles. The molecule has 0 bridgehead atoms. The molecule has 2 aromatic carbocycles. The fourth-order valence-electron chi connectivity index (χ4n) is 3.27. The Morgan fingerprint density at radius 1 is 1.09 bits per heavy atom. The molecule has 0 saturated carbocycles. The highest BCUT2D eigenvalue weighted by molar-refractivity contribution is 7.92. The molecule has 0 unspecified atom stereocenters. The van der Waals surface area contributed by atoms with Crippen LogP contribution < -0.4 is 20.0 Å². The van der Waals surface area contributed by atoms with Crippen LogP contribution in [0.25, 0.3) is 10.9 Å². The molecule has 1 aromatic heterocycles. The van der Waals surface area contributed by atoms with Crippen molar-refractivity contribution in [1.82, 2.24) is 10.3 Å². The zero-order valence-electron chi connectivity index (χ0n) is 18.9. The van der Waals surface area contributed by atoms with Crippen molar-refractivity contribution >= 4 is 32.5 Å². The minimum absolute atomic E-state index is 0.0232. The molecule has 0 spiro atoms. The number of benzene rings is 2. The highest BCUT2D eigenvalue weighted by atomic mass is 32.2. The second-order valence-electron chi connectivity index (χ2n) is 8.19. The van der Waals surface area contributed by atoms with Crippen LogP contribution in [0.4, 0.5) is 5.69 Å². The van der Waals surface area contributed by atoms with E-state index in [0.29, 0.717) is 24.3 Å². The number of quaternary nitrogens is 1. The van der Waals surface area contributed by atoms with Crippen molar-refractivity contribution in [2.24, 2.45) is 0 Å². The fourth-order valence-corrected chi connectivity index (χ4v) is 4.48. The maximum Gasteiger partial charge on any atom is 0.264 e. The van der Waals surface area contributed by atoms with Gasteiger partial charge in [-0.25, -0.2) is 8.42 Å². The largest absolute Gasteiger partial charge is 0.360 e. The number of hydrogen-bond donors (Lipinski definition) is 3. The topological polar surface area (TPSA) is 104 Å². The summed E-state index contributed by atoms with van der Waals surface area (Å²) < 4.78 is 27.7. The molecule has 0 saturated heterocycles. The van der Waals surface area contributed by atoms with E-state index in [1.165, 1.54) is 40.6 Å². The summed E-state index contributed by atoms with van der Waals surface area (Å²) in [6.45, 7) is 5.01. The van der Waals surface area contributed by atoms with Crippen molar-refractivity contribution in [1.29, 1.82) is 0 Å². The number of likely N-dealkylation sites (N-methyl/N-ethyl adjacent to an activating group) is 1. The van der Waals surface area contributed by atoms with Crippen LogP contribution in [0.2, 0.25) is 0 Å². The predicted molar refractivity (Wildman–Crippen MR) is 126 cm³/mol. The van der Waals surface area contributed by atoms with Gasteiger partial charge >= 0.3 is 0 Å². The Balaban J connectivity index is 1.99. The average molecular weight is 458 g/mol. The van der Waals surface area contributed by atoms with Crippen molar-refractivity contribution in [2.45, 2.75) is 18.7 Å². The van der Waals surface area contributed by atoms with Crippen LogP contribution in [0.3, 0.4) is 0 Å². The molecule has 3 N–H and O–H groups in total. The van der Waals surface area contributed by atoms with Gasteiger partial charge in [-0.05, 0) is 55.3 Å².